The highest BCUT2D eigenvalue weighted by atomic mass is 35.5. The van der Waals surface area contributed by atoms with Gasteiger partial charge in [0.05, 0.1) is 15.6 Å². The van der Waals surface area contributed by atoms with Gasteiger partial charge in [0.15, 0.2) is 5.78 Å². The van der Waals surface area contributed by atoms with Gasteiger partial charge in [0.2, 0.25) is 0 Å². The van der Waals surface area contributed by atoms with Crippen molar-refractivity contribution in [2.75, 3.05) is 22.7 Å². The van der Waals surface area contributed by atoms with Gasteiger partial charge in [-0.3, -0.25) is 9.52 Å². The lowest BCUT2D eigenvalue weighted by atomic mass is 10.1. The van der Waals surface area contributed by atoms with Crippen molar-refractivity contribution in [1.82, 2.24) is 5.32 Å². The van der Waals surface area contributed by atoms with Gasteiger partial charge >= 0.3 is 0 Å². The van der Waals surface area contributed by atoms with Crippen LogP contribution in [0.3, 0.4) is 0 Å². The third-order valence-corrected chi connectivity index (χ3v) is 7.69. The molecule has 1 aliphatic rings. The van der Waals surface area contributed by atoms with Gasteiger partial charge in [-0.15, -0.1) is 0 Å². The van der Waals surface area contributed by atoms with E-state index in [9.17, 15) is 18.5 Å². The molecular formula is C27H27ClN4O4S. The second-order valence-corrected chi connectivity index (χ2v) is 11.2. The molecule has 1 aliphatic heterocycles. The Morgan fingerprint density at radius 1 is 1.11 bits per heavy atom. The largest absolute Gasteiger partial charge is 0.456 e. The fourth-order valence-corrected chi connectivity index (χ4v) is 5.65. The Kier molecular flexibility index (Phi) is 7.73. The topological polar surface area (TPSA) is 112 Å². The normalized spacial score (nSPS) is 17.6. The molecule has 0 unspecified atom stereocenters. The first-order valence-corrected chi connectivity index (χ1v) is 13.6. The van der Waals surface area contributed by atoms with E-state index in [4.69, 9.17) is 16.3 Å². The number of piperazine rings is 1. The fourth-order valence-electron chi connectivity index (χ4n) is 4.37. The molecule has 1 heterocycles. The fraction of sp³-hybridized carbons (Fsp3) is 0.259. The zero-order chi connectivity index (χ0) is 26.7. The van der Waals surface area contributed by atoms with Crippen LogP contribution < -0.4 is 19.7 Å². The van der Waals surface area contributed by atoms with E-state index in [1.807, 2.05) is 12.1 Å². The third-order valence-electron chi connectivity index (χ3n) is 6.00. The second kappa shape index (κ2) is 10.8. The number of benzene rings is 3. The summed E-state index contributed by atoms with van der Waals surface area (Å²) in [6, 6.07) is 18.4. The van der Waals surface area contributed by atoms with Crippen LogP contribution in [0.1, 0.15) is 36.7 Å². The van der Waals surface area contributed by atoms with Gasteiger partial charge in [-0.25, -0.2) is 8.42 Å². The number of Topliss-reactive ketones (excluding diaryl/α,β-unsaturated/α-hetero) is 1. The van der Waals surface area contributed by atoms with Crippen LogP contribution >= 0.6 is 11.6 Å². The van der Waals surface area contributed by atoms with E-state index < -0.39 is 10.0 Å². The summed E-state index contributed by atoms with van der Waals surface area (Å²) < 4.78 is 34.8. The molecule has 0 bridgehead atoms. The van der Waals surface area contributed by atoms with Crippen molar-refractivity contribution in [2.45, 2.75) is 37.8 Å². The maximum atomic E-state index is 13.2. The first-order chi connectivity index (χ1) is 17.6. The van der Waals surface area contributed by atoms with E-state index in [1.165, 1.54) is 31.2 Å². The molecule has 2 atom stereocenters. The van der Waals surface area contributed by atoms with Crippen LogP contribution in [0.15, 0.2) is 65.6 Å². The summed E-state index contributed by atoms with van der Waals surface area (Å²) in [7, 11) is -4.01. The summed E-state index contributed by atoms with van der Waals surface area (Å²) in [5.74, 6) is 0.360. The van der Waals surface area contributed by atoms with E-state index in [-0.39, 0.29) is 50.3 Å². The van der Waals surface area contributed by atoms with Crippen LogP contribution in [-0.4, -0.2) is 39.4 Å². The molecule has 3 aromatic carbocycles. The van der Waals surface area contributed by atoms with Crippen LogP contribution in [0, 0.1) is 11.3 Å². The predicted octanol–water partition coefficient (Wildman–Crippen LogP) is 5.19. The Labute approximate surface area is 221 Å². The molecule has 1 fully saturated rings. The smallest absolute Gasteiger partial charge is 0.261 e. The molecule has 0 aliphatic carbocycles. The Bertz CT molecular complexity index is 1460. The molecule has 4 rings (SSSR count). The Morgan fingerprint density at radius 2 is 1.78 bits per heavy atom. The Balaban J connectivity index is 1.59. The lowest BCUT2D eigenvalue weighted by Crippen LogP contribution is -2.54. The van der Waals surface area contributed by atoms with Gasteiger partial charge in [0.1, 0.15) is 23.1 Å². The van der Waals surface area contributed by atoms with Gasteiger partial charge in [-0.05, 0) is 75.4 Å². The number of carbonyl (C=O) groups excluding carboxylic acids is 1. The number of ketones is 1. The molecule has 0 amide bonds. The van der Waals surface area contributed by atoms with Crippen LogP contribution in [0.2, 0.25) is 5.02 Å². The molecule has 0 aromatic heterocycles. The van der Waals surface area contributed by atoms with E-state index in [1.54, 1.807) is 30.3 Å². The van der Waals surface area contributed by atoms with Crippen molar-refractivity contribution < 1.29 is 17.9 Å². The highest BCUT2D eigenvalue weighted by molar-refractivity contribution is 7.92. The molecule has 3 aromatic rings. The molecular weight excluding hydrogens is 512 g/mol. The molecule has 37 heavy (non-hydrogen) atoms. The first kappa shape index (κ1) is 26.5. The number of ether oxygens (including phenoxy) is 1. The van der Waals surface area contributed by atoms with Crippen molar-refractivity contribution in [1.29, 1.82) is 5.26 Å². The number of hydrogen-bond acceptors (Lipinski definition) is 7. The number of nitriles is 1. The highest BCUT2D eigenvalue weighted by Gasteiger charge is 2.24. The van der Waals surface area contributed by atoms with Gasteiger partial charge < -0.3 is 15.0 Å². The van der Waals surface area contributed by atoms with Crippen molar-refractivity contribution in [3.63, 3.8) is 0 Å². The third kappa shape index (κ3) is 6.05. The first-order valence-electron chi connectivity index (χ1n) is 11.7. The maximum Gasteiger partial charge on any atom is 0.261 e. The number of hydrogen-bond donors (Lipinski definition) is 2. The van der Waals surface area contributed by atoms with Crippen molar-refractivity contribution in [3.8, 4) is 17.6 Å². The number of nitrogens with zero attached hydrogens (tertiary/aromatic N) is 2. The van der Waals surface area contributed by atoms with Gasteiger partial charge in [-0.2, -0.15) is 5.26 Å². The maximum absolute atomic E-state index is 13.2. The van der Waals surface area contributed by atoms with Gasteiger partial charge in [0.25, 0.3) is 10.0 Å². The second-order valence-electron chi connectivity index (χ2n) is 9.06. The minimum atomic E-state index is -4.01. The number of nitrogens with one attached hydrogen (secondary N) is 2. The van der Waals surface area contributed by atoms with E-state index >= 15 is 0 Å². The minimum Gasteiger partial charge on any atom is -0.456 e. The summed E-state index contributed by atoms with van der Waals surface area (Å²) in [5, 5.41) is 13.1. The molecule has 8 nitrogen and oxygen atoms in total. The zero-order valence-electron chi connectivity index (χ0n) is 20.7. The summed E-state index contributed by atoms with van der Waals surface area (Å²) in [4.78, 5) is 14.4. The van der Waals surface area contributed by atoms with Gasteiger partial charge in [0, 0.05) is 36.4 Å². The molecule has 192 valence electrons. The SMILES string of the molecule is CC(=O)c1ccc(N2C[C@@H](C)N[C@@H](C)C2)cc1NS(=O)(=O)c1ccc(Oc2cccc(Cl)c2C#N)cc1. The summed E-state index contributed by atoms with van der Waals surface area (Å²) in [5.41, 5.74) is 1.53. The van der Waals surface area contributed by atoms with Crippen molar-refractivity contribution in [2.24, 2.45) is 0 Å². The number of carbonyl (C=O) groups is 1. The minimum absolute atomic E-state index is 0.00391. The van der Waals surface area contributed by atoms with Crippen molar-refractivity contribution in [3.05, 3.63) is 76.8 Å². The van der Waals surface area contributed by atoms with Crippen LogP contribution in [0.25, 0.3) is 0 Å². The highest BCUT2D eigenvalue weighted by Crippen LogP contribution is 2.31. The van der Waals surface area contributed by atoms with Crippen LogP contribution in [-0.2, 0) is 10.0 Å². The summed E-state index contributed by atoms with van der Waals surface area (Å²) >= 11 is 6.05. The van der Waals surface area contributed by atoms with E-state index in [0.29, 0.717) is 5.75 Å². The van der Waals surface area contributed by atoms with Crippen LogP contribution in [0.4, 0.5) is 11.4 Å². The number of rotatable bonds is 7. The van der Waals surface area contributed by atoms with E-state index in [0.717, 1.165) is 18.8 Å². The number of anilines is 2. The number of sulfonamides is 1. The van der Waals surface area contributed by atoms with Crippen LogP contribution in [0.5, 0.6) is 11.5 Å². The average molecular weight is 539 g/mol. The summed E-state index contributed by atoms with van der Waals surface area (Å²) in [6.07, 6.45) is 0. The summed E-state index contributed by atoms with van der Waals surface area (Å²) in [6.45, 7) is 7.11. The van der Waals surface area contributed by atoms with E-state index in [2.05, 4.69) is 28.8 Å². The lowest BCUT2D eigenvalue weighted by molar-refractivity contribution is 0.101. The zero-order valence-corrected chi connectivity index (χ0v) is 22.2. The lowest BCUT2D eigenvalue weighted by Gasteiger charge is -2.38. The molecule has 1 saturated heterocycles. The average Bonchev–Trinajstić information content (AvgIpc) is 2.83. The molecule has 0 radical (unpaired) electrons. The Hall–Kier alpha value is -3.58. The molecule has 0 saturated carbocycles. The Morgan fingerprint density at radius 3 is 2.41 bits per heavy atom. The van der Waals surface area contributed by atoms with Gasteiger partial charge in [-0.1, -0.05) is 17.7 Å². The number of halogens is 1. The molecule has 2 N–H and O–H groups in total. The van der Waals surface area contributed by atoms with Crippen molar-refractivity contribution >= 4 is 38.8 Å². The molecule has 0 spiro atoms. The standard InChI is InChI=1S/C27H27ClN4O4S/c1-17-15-32(16-18(2)30-17)20-7-12-23(19(3)33)26(13-20)31-37(34,35)22-10-8-21(9-11-22)36-27-6-4-5-25(28)24(27)14-29/h4-13,17-18,30-31H,15-16H2,1-3H3/t17-,18+. The molecule has 10 heteroatoms. The quantitative estimate of drug-likeness (QED) is 0.398. The predicted molar refractivity (Wildman–Crippen MR) is 144 cm³/mol. The monoisotopic (exact) mass is 538 g/mol.